The standard InChI is InChI=1S/C14H12ClF2N3S/c15-14-2-1-9(21-14)7-18-3-4-20-8-19-12-5-10(16)11(17)6-13(12)20/h1-2,5-6,8,18H,3-4,7H2. The van der Waals surface area contributed by atoms with Gasteiger partial charge in [0, 0.05) is 36.6 Å². The summed E-state index contributed by atoms with van der Waals surface area (Å²) in [6, 6.07) is 6.13. The van der Waals surface area contributed by atoms with Crippen LogP contribution in [0, 0.1) is 11.6 Å². The second-order valence-electron chi connectivity index (χ2n) is 4.58. The summed E-state index contributed by atoms with van der Waals surface area (Å²) < 4.78 is 28.9. The highest BCUT2D eigenvalue weighted by Gasteiger charge is 2.08. The molecule has 3 rings (SSSR count). The van der Waals surface area contributed by atoms with E-state index in [4.69, 9.17) is 11.6 Å². The average molecular weight is 328 g/mol. The van der Waals surface area contributed by atoms with E-state index >= 15 is 0 Å². The molecule has 0 amide bonds. The molecule has 3 aromatic rings. The zero-order valence-electron chi connectivity index (χ0n) is 10.9. The van der Waals surface area contributed by atoms with Crippen LogP contribution in [0.15, 0.2) is 30.6 Å². The lowest BCUT2D eigenvalue weighted by atomic mass is 10.3. The van der Waals surface area contributed by atoms with Crippen molar-refractivity contribution in [2.75, 3.05) is 6.54 Å². The molecule has 0 saturated carbocycles. The highest BCUT2D eigenvalue weighted by Crippen LogP contribution is 2.21. The molecule has 0 aliphatic carbocycles. The fraction of sp³-hybridized carbons (Fsp3) is 0.214. The van der Waals surface area contributed by atoms with Crippen molar-refractivity contribution in [2.45, 2.75) is 13.1 Å². The minimum atomic E-state index is -0.875. The van der Waals surface area contributed by atoms with Gasteiger partial charge in [0.15, 0.2) is 11.6 Å². The molecular formula is C14H12ClF2N3S. The monoisotopic (exact) mass is 327 g/mol. The smallest absolute Gasteiger partial charge is 0.161 e. The van der Waals surface area contributed by atoms with Crippen molar-refractivity contribution in [3.05, 3.63) is 51.4 Å². The van der Waals surface area contributed by atoms with Crippen LogP contribution in [0.3, 0.4) is 0 Å². The molecule has 0 aliphatic heterocycles. The van der Waals surface area contributed by atoms with E-state index in [1.165, 1.54) is 17.4 Å². The predicted molar refractivity (Wildman–Crippen MR) is 80.7 cm³/mol. The number of nitrogens with one attached hydrogen (secondary N) is 1. The quantitative estimate of drug-likeness (QED) is 0.722. The number of hydrogen-bond donors (Lipinski definition) is 1. The molecule has 0 saturated heterocycles. The lowest BCUT2D eigenvalue weighted by Crippen LogP contribution is -2.18. The highest BCUT2D eigenvalue weighted by atomic mass is 35.5. The van der Waals surface area contributed by atoms with E-state index < -0.39 is 11.6 Å². The Morgan fingerprint density at radius 1 is 1.24 bits per heavy atom. The van der Waals surface area contributed by atoms with Crippen LogP contribution in [0.2, 0.25) is 4.34 Å². The molecule has 2 heterocycles. The Morgan fingerprint density at radius 2 is 2.05 bits per heavy atom. The van der Waals surface area contributed by atoms with Gasteiger partial charge in [-0.25, -0.2) is 13.8 Å². The summed E-state index contributed by atoms with van der Waals surface area (Å²) in [4.78, 5) is 5.23. The van der Waals surface area contributed by atoms with Crippen LogP contribution in [0.25, 0.3) is 11.0 Å². The van der Waals surface area contributed by atoms with Crippen molar-refractivity contribution in [3.8, 4) is 0 Å². The van der Waals surface area contributed by atoms with Gasteiger partial charge >= 0.3 is 0 Å². The summed E-state index contributed by atoms with van der Waals surface area (Å²) in [7, 11) is 0. The van der Waals surface area contributed by atoms with Crippen molar-refractivity contribution in [3.63, 3.8) is 0 Å². The Balaban J connectivity index is 1.61. The maximum atomic E-state index is 13.3. The molecule has 1 aromatic carbocycles. The highest BCUT2D eigenvalue weighted by molar-refractivity contribution is 7.16. The summed E-state index contributed by atoms with van der Waals surface area (Å²) in [6.07, 6.45) is 1.59. The lowest BCUT2D eigenvalue weighted by Gasteiger charge is -2.06. The van der Waals surface area contributed by atoms with Crippen molar-refractivity contribution >= 4 is 34.0 Å². The Bertz CT molecular complexity index is 769. The summed E-state index contributed by atoms with van der Waals surface area (Å²) in [6.45, 7) is 2.05. The van der Waals surface area contributed by atoms with Gasteiger partial charge in [0.1, 0.15) is 0 Å². The fourth-order valence-corrected chi connectivity index (χ4v) is 3.15. The van der Waals surface area contributed by atoms with Crippen LogP contribution in [0.5, 0.6) is 0 Å². The number of thiophene rings is 1. The van der Waals surface area contributed by atoms with E-state index in [0.717, 1.165) is 21.8 Å². The van der Waals surface area contributed by atoms with Crippen LogP contribution >= 0.6 is 22.9 Å². The first-order valence-corrected chi connectivity index (χ1v) is 7.58. The largest absolute Gasteiger partial charge is 0.329 e. The van der Waals surface area contributed by atoms with E-state index in [1.54, 1.807) is 10.9 Å². The number of halogens is 3. The van der Waals surface area contributed by atoms with E-state index in [-0.39, 0.29) is 0 Å². The van der Waals surface area contributed by atoms with Gasteiger partial charge in [0.25, 0.3) is 0 Å². The Hall–Kier alpha value is -1.50. The number of fused-ring (bicyclic) bond motifs is 1. The molecule has 0 unspecified atom stereocenters. The number of aromatic nitrogens is 2. The third-order valence-corrected chi connectivity index (χ3v) is 4.35. The maximum Gasteiger partial charge on any atom is 0.161 e. The van der Waals surface area contributed by atoms with Crippen LogP contribution in [-0.2, 0) is 13.1 Å². The van der Waals surface area contributed by atoms with Crippen LogP contribution in [0.1, 0.15) is 4.88 Å². The average Bonchev–Trinajstić information content (AvgIpc) is 3.03. The Kier molecular flexibility index (Phi) is 4.19. The van der Waals surface area contributed by atoms with Crippen molar-refractivity contribution in [1.29, 1.82) is 0 Å². The molecule has 0 fully saturated rings. The van der Waals surface area contributed by atoms with Crippen molar-refractivity contribution in [1.82, 2.24) is 14.9 Å². The van der Waals surface area contributed by atoms with E-state index in [2.05, 4.69) is 10.3 Å². The summed E-state index contributed by atoms with van der Waals surface area (Å²) in [5.74, 6) is -1.73. The van der Waals surface area contributed by atoms with E-state index in [9.17, 15) is 8.78 Å². The van der Waals surface area contributed by atoms with Crippen molar-refractivity contribution in [2.24, 2.45) is 0 Å². The van der Waals surface area contributed by atoms with Gasteiger partial charge < -0.3 is 9.88 Å². The third kappa shape index (κ3) is 3.23. The van der Waals surface area contributed by atoms with Crippen LogP contribution < -0.4 is 5.32 Å². The molecule has 2 aromatic heterocycles. The number of nitrogens with zero attached hydrogens (tertiary/aromatic N) is 2. The number of hydrogen-bond acceptors (Lipinski definition) is 3. The molecule has 0 aliphatic rings. The van der Waals surface area contributed by atoms with Crippen LogP contribution in [0.4, 0.5) is 8.78 Å². The molecule has 3 nitrogen and oxygen atoms in total. The summed E-state index contributed by atoms with van der Waals surface area (Å²) >= 11 is 7.39. The number of benzene rings is 1. The minimum Gasteiger partial charge on any atom is -0.329 e. The molecule has 1 N–H and O–H groups in total. The SMILES string of the molecule is Fc1cc2ncn(CCNCc3ccc(Cl)s3)c2cc1F. The van der Waals surface area contributed by atoms with Gasteiger partial charge in [-0.05, 0) is 12.1 Å². The van der Waals surface area contributed by atoms with E-state index in [1.807, 2.05) is 12.1 Å². The molecule has 0 bridgehead atoms. The maximum absolute atomic E-state index is 13.3. The number of rotatable bonds is 5. The summed E-state index contributed by atoms with van der Waals surface area (Å²) in [5, 5.41) is 3.28. The lowest BCUT2D eigenvalue weighted by molar-refractivity contribution is 0.510. The predicted octanol–water partition coefficient (Wildman–Crippen LogP) is 3.82. The van der Waals surface area contributed by atoms with Gasteiger partial charge in [-0.1, -0.05) is 11.6 Å². The molecule has 0 spiro atoms. The zero-order valence-corrected chi connectivity index (χ0v) is 12.5. The molecular weight excluding hydrogens is 316 g/mol. The summed E-state index contributed by atoms with van der Waals surface area (Å²) in [5.41, 5.74) is 1.05. The molecule has 0 radical (unpaired) electrons. The molecule has 7 heteroatoms. The molecule has 110 valence electrons. The zero-order chi connectivity index (χ0) is 14.8. The normalized spacial score (nSPS) is 11.4. The molecule has 0 atom stereocenters. The first kappa shape index (κ1) is 14.4. The molecule has 21 heavy (non-hydrogen) atoms. The third-order valence-electron chi connectivity index (χ3n) is 3.12. The topological polar surface area (TPSA) is 29.9 Å². The van der Waals surface area contributed by atoms with Gasteiger partial charge in [-0.2, -0.15) is 0 Å². The second-order valence-corrected chi connectivity index (χ2v) is 6.38. The van der Waals surface area contributed by atoms with Gasteiger partial charge in [-0.3, -0.25) is 0 Å². The van der Waals surface area contributed by atoms with Crippen LogP contribution in [-0.4, -0.2) is 16.1 Å². The Morgan fingerprint density at radius 3 is 2.81 bits per heavy atom. The fourth-order valence-electron chi connectivity index (χ4n) is 2.09. The van der Waals surface area contributed by atoms with Gasteiger partial charge in [0.2, 0.25) is 0 Å². The first-order chi connectivity index (χ1) is 10.1. The second kappa shape index (κ2) is 6.09. The van der Waals surface area contributed by atoms with Gasteiger partial charge in [0.05, 0.1) is 21.7 Å². The van der Waals surface area contributed by atoms with E-state index in [0.29, 0.717) is 24.1 Å². The Labute approximate surface area is 129 Å². The van der Waals surface area contributed by atoms with Gasteiger partial charge in [-0.15, -0.1) is 11.3 Å². The first-order valence-electron chi connectivity index (χ1n) is 6.38. The minimum absolute atomic E-state index is 0.457. The van der Waals surface area contributed by atoms with Crippen molar-refractivity contribution < 1.29 is 8.78 Å². The number of imidazole rings is 1.